The summed E-state index contributed by atoms with van der Waals surface area (Å²) in [5.74, 6) is 0.712. The molecule has 2 rings (SSSR count). The first kappa shape index (κ1) is 17.9. The van der Waals surface area contributed by atoms with Crippen LogP contribution < -0.4 is 10.1 Å². The van der Waals surface area contributed by atoms with E-state index in [-0.39, 0.29) is 6.03 Å². The molecule has 128 valence electrons. The number of nitrogens with one attached hydrogen (secondary N) is 1. The number of carbonyl (C=O) groups excluding carboxylic acids is 1. The molecule has 24 heavy (non-hydrogen) atoms. The Labute approximate surface area is 144 Å². The van der Waals surface area contributed by atoms with E-state index in [0.717, 1.165) is 18.4 Å². The zero-order chi connectivity index (χ0) is 17.2. The summed E-state index contributed by atoms with van der Waals surface area (Å²) in [4.78, 5) is 14.5. The SMILES string of the molecule is CCCOc1ccccc1NC(=O)N(CCC)Cc1ccccc1. The average molecular weight is 326 g/mol. The Hall–Kier alpha value is -2.49. The molecule has 0 aliphatic rings. The third-order valence-electron chi connectivity index (χ3n) is 3.59. The number of nitrogens with zero attached hydrogens (tertiary/aromatic N) is 1. The van der Waals surface area contributed by atoms with Crippen LogP contribution in [0.4, 0.5) is 10.5 Å². The van der Waals surface area contributed by atoms with Crippen LogP contribution in [0.1, 0.15) is 32.3 Å². The van der Waals surface area contributed by atoms with Crippen LogP contribution in [0.25, 0.3) is 0 Å². The average Bonchev–Trinajstić information content (AvgIpc) is 2.61. The van der Waals surface area contributed by atoms with Crippen molar-refractivity contribution < 1.29 is 9.53 Å². The minimum atomic E-state index is -0.103. The number of benzene rings is 2. The lowest BCUT2D eigenvalue weighted by molar-refractivity contribution is 0.209. The number of carbonyl (C=O) groups is 1. The molecule has 0 aliphatic heterocycles. The lowest BCUT2D eigenvalue weighted by Gasteiger charge is -2.23. The number of para-hydroxylation sites is 2. The van der Waals surface area contributed by atoms with Gasteiger partial charge in [-0.05, 0) is 30.5 Å². The molecule has 2 aromatic rings. The highest BCUT2D eigenvalue weighted by atomic mass is 16.5. The van der Waals surface area contributed by atoms with Gasteiger partial charge in [0.05, 0.1) is 12.3 Å². The molecule has 0 unspecified atom stereocenters. The molecule has 4 nitrogen and oxygen atoms in total. The van der Waals surface area contributed by atoms with Crippen LogP contribution in [0.3, 0.4) is 0 Å². The van der Waals surface area contributed by atoms with Gasteiger partial charge in [-0.3, -0.25) is 0 Å². The molecule has 0 heterocycles. The largest absolute Gasteiger partial charge is 0.491 e. The Morgan fingerprint density at radius 3 is 2.42 bits per heavy atom. The van der Waals surface area contributed by atoms with Crippen molar-refractivity contribution in [3.8, 4) is 5.75 Å². The maximum Gasteiger partial charge on any atom is 0.322 e. The third-order valence-corrected chi connectivity index (χ3v) is 3.59. The Morgan fingerprint density at radius 2 is 1.71 bits per heavy atom. The van der Waals surface area contributed by atoms with Gasteiger partial charge in [0.2, 0.25) is 0 Å². The fourth-order valence-corrected chi connectivity index (χ4v) is 2.43. The summed E-state index contributed by atoms with van der Waals surface area (Å²) in [6, 6.07) is 17.5. The predicted octanol–water partition coefficient (Wildman–Crippen LogP) is 4.92. The summed E-state index contributed by atoms with van der Waals surface area (Å²) < 4.78 is 5.71. The van der Waals surface area contributed by atoms with E-state index in [9.17, 15) is 4.79 Å². The molecule has 0 saturated carbocycles. The molecule has 0 aromatic heterocycles. The fraction of sp³-hybridized carbons (Fsp3) is 0.350. The summed E-state index contributed by atoms with van der Waals surface area (Å²) in [5.41, 5.74) is 1.83. The molecule has 2 amide bonds. The second-order valence-electron chi connectivity index (χ2n) is 5.68. The van der Waals surface area contributed by atoms with Crippen LogP contribution in [-0.2, 0) is 6.54 Å². The Kier molecular flexibility index (Phi) is 7.15. The van der Waals surface area contributed by atoms with Gasteiger partial charge in [0.1, 0.15) is 5.75 Å². The van der Waals surface area contributed by atoms with Gasteiger partial charge in [0.25, 0.3) is 0 Å². The zero-order valence-corrected chi connectivity index (χ0v) is 14.5. The van der Waals surface area contributed by atoms with E-state index < -0.39 is 0 Å². The molecule has 0 bridgehead atoms. The van der Waals surface area contributed by atoms with Gasteiger partial charge in [-0.15, -0.1) is 0 Å². The third kappa shape index (κ3) is 5.30. The van der Waals surface area contributed by atoms with Gasteiger partial charge in [0, 0.05) is 13.1 Å². The van der Waals surface area contributed by atoms with Gasteiger partial charge in [-0.2, -0.15) is 0 Å². The number of ether oxygens (including phenoxy) is 1. The molecule has 0 saturated heterocycles. The molecule has 2 aromatic carbocycles. The molecule has 0 spiro atoms. The maximum absolute atomic E-state index is 12.7. The first-order valence-corrected chi connectivity index (χ1v) is 8.56. The zero-order valence-electron chi connectivity index (χ0n) is 14.5. The number of hydrogen-bond donors (Lipinski definition) is 1. The van der Waals surface area contributed by atoms with Crippen LogP contribution in [0.5, 0.6) is 5.75 Å². The van der Waals surface area contributed by atoms with Gasteiger partial charge >= 0.3 is 6.03 Å². The standard InChI is InChI=1S/C20H26N2O2/c1-3-14-22(16-17-10-6-5-7-11-17)20(23)21-18-12-8-9-13-19(18)24-15-4-2/h5-13H,3-4,14-16H2,1-2H3,(H,21,23). The van der Waals surface area contributed by atoms with E-state index in [1.165, 1.54) is 0 Å². The minimum Gasteiger partial charge on any atom is -0.491 e. The van der Waals surface area contributed by atoms with Gasteiger partial charge in [-0.1, -0.05) is 56.3 Å². The molecule has 0 radical (unpaired) electrons. The summed E-state index contributed by atoms with van der Waals surface area (Å²) in [6.45, 7) is 6.07. The summed E-state index contributed by atoms with van der Waals surface area (Å²) in [5, 5.41) is 2.99. The lowest BCUT2D eigenvalue weighted by atomic mass is 10.2. The van der Waals surface area contributed by atoms with Crippen LogP contribution >= 0.6 is 0 Å². The number of rotatable bonds is 8. The minimum absolute atomic E-state index is 0.103. The van der Waals surface area contributed by atoms with Crippen molar-refractivity contribution in [2.45, 2.75) is 33.2 Å². The van der Waals surface area contributed by atoms with Gasteiger partial charge in [0.15, 0.2) is 0 Å². The Balaban J connectivity index is 2.07. The van der Waals surface area contributed by atoms with E-state index >= 15 is 0 Å². The monoisotopic (exact) mass is 326 g/mol. The predicted molar refractivity (Wildman–Crippen MR) is 98.4 cm³/mol. The highest BCUT2D eigenvalue weighted by Crippen LogP contribution is 2.24. The first-order chi connectivity index (χ1) is 11.7. The highest BCUT2D eigenvalue weighted by molar-refractivity contribution is 5.91. The fourth-order valence-electron chi connectivity index (χ4n) is 2.43. The maximum atomic E-state index is 12.7. The molecule has 0 atom stereocenters. The van der Waals surface area contributed by atoms with Crippen molar-refractivity contribution in [1.82, 2.24) is 4.90 Å². The first-order valence-electron chi connectivity index (χ1n) is 8.56. The van der Waals surface area contributed by atoms with Crippen LogP contribution in [-0.4, -0.2) is 24.1 Å². The number of hydrogen-bond acceptors (Lipinski definition) is 2. The molecular formula is C20H26N2O2. The van der Waals surface area contributed by atoms with Crippen molar-refractivity contribution in [1.29, 1.82) is 0 Å². The normalized spacial score (nSPS) is 10.2. The number of urea groups is 1. The van der Waals surface area contributed by atoms with Crippen molar-refractivity contribution >= 4 is 11.7 Å². The smallest absolute Gasteiger partial charge is 0.322 e. The second-order valence-corrected chi connectivity index (χ2v) is 5.68. The Bertz CT molecular complexity index is 629. The highest BCUT2D eigenvalue weighted by Gasteiger charge is 2.15. The van der Waals surface area contributed by atoms with E-state index in [1.807, 2.05) is 59.5 Å². The Morgan fingerprint density at radius 1 is 1.00 bits per heavy atom. The lowest BCUT2D eigenvalue weighted by Crippen LogP contribution is -2.35. The van der Waals surface area contributed by atoms with Crippen LogP contribution in [0.15, 0.2) is 54.6 Å². The van der Waals surface area contributed by atoms with Crippen molar-refractivity contribution in [3.05, 3.63) is 60.2 Å². The van der Waals surface area contributed by atoms with E-state index in [2.05, 4.69) is 19.2 Å². The topological polar surface area (TPSA) is 41.6 Å². The molecule has 4 heteroatoms. The van der Waals surface area contributed by atoms with E-state index in [1.54, 1.807) is 0 Å². The summed E-state index contributed by atoms with van der Waals surface area (Å²) in [6.07, 6.45) is 1.84. The van der Waals surface area contributed by atoms with Gasteiger partial charge in [-0.25, -0.2) is 4.79 Å². The number of amides is 2. The van der Waals surface area contributed by atoms with E-state index in [0.29, 0.717) is 31.1 Å². The molecule has 0 fully saturated rings. The van der Waals surface area contributed by atoms with Crippen molar-refractivity contribution in [3.63, 3.8) is 0 Å². The molecule has 0 aliphatic carbocycles. The van der Waals surface area contributed by atoms with Crippen molar-refractivity contribution in [2.24, 2.45) is 0 Å². The molecule has 1 N–H and O–H groups in total. The van der Waals surface area contributed by atoms with Crippen molar-refractivity contribution in [2.75, 3.05) is 18.5 Å². The molecular weight excluding hydrogens is 300 g/mol. The van der Waals surface area contributed by atoms with Gasteiger partial charge < -0.3 is 15.0 Å². The second kappa shape index (κ2) is 9.60. The summed E-state index contributed by atoms with van der Waals surface area (Å²) >= 11 is 0. The van der Waals surface area contributed by atoms with E-state index in [4.69, 9.17) is 4.74 Å². The summed E-state index contributed by atoms with van der Waals surface area (Å²) in [7, 11) is 0. The quantitative estimate of drug-likeness (QED) is 0.748. The van der Waals surface area contributed by atoms with Crippen LogP contribution in [0.2, 0.25) is 0 Å². The number of anilines is 1. The van der Waals surface area contributed by atoms with Crippen LogP contribution in [0, 0.1) is 0 Å².